The third-order valence-corrected chi connectivity index (χ3v) is 5.08. The first kappa shape index (κ1) is 23.2. The number of halogens is 2. The fourth-order valence-electron chi connectivity index (χ4n) is 2.72. The number of carbonyl (C=O) groups excluding carboxylic acids is 4. The van der Waals surface area contributed by atoms with Crippen LogP contribution >= 0.6 is 23.2 Å². The predicted octanol–water partition coefficient (Wildman–Crippen LogP) is 5.07. The highest BCUT2D eigenvalue weighted by Gasteiger charge is 2.23. The summed E-state index contributed by atoms with van der Waals surface area (Å²) in [4.78, 5) is 49.5. The molecule has 0 saturated heterocycles. The van der Waals surface area contributed by atoms with Crippen LogP contribution < -0.4 is 0 Å². The maximum atomic E-state index is 12.6. The summed E-state index contributed by atoms with van der Waals surface area (Å²) in [7, 11) is 0. The Morgan fingerprint density at radius 2 is 0.938 bits per heavy atom. The van der Waals surface area contributed by atoms with Crippen molar-refractivity contribution < 1.29 is 28.7 Å². The maximum Gasteiger partial charge on any atom is 0.339 e. The highest BCUT2D eigenvalue weighted by atomic mass is 35.5. The molecular weight excluding hydrogens is 455 g/mol. The van der Waals surface area contributed by atoms with Crippen LogP contribution in [0.1, 0.15) is 41.4 Å². The number of hydrogen-bond donors (Lipinski definition) is 0. The molecule has 3 rings (SSSR count). The number of benzene rings is 3. The SMILES string of the molecule is O=C(COC(=O)c1cc(Cl)c(Cl)cc1C(=O)OCC(=O)c1ccccc1)c1ccccc1. The Hall–Kier alpha value is -3.48. The summed E-state index contributed by atoms with van der Waals surface area (Å²) in [6.45, 7) is -1.08. The highest BCUT2D eigenvalue weighted by molar-refractivity contribution is 6.42. The minimum absolute atomic E-state index is 0.00455. The van der Waals surface area contributed by atoms with Crippen molar-refractivity contribution in [2.75, 3.05) is 13.2 Å². The van der Waals surface area contributed by atoms with E-state index >= 15 is 0 Å². The largest absolute Gasteiger partial charge is 0.454 e. The van der Waals surface area contributed by atoms with Crippen LogP contribution in [0.2, 0.25) is 10.0 Å². The van der Waals surface area contributed by atoms with Crippen molar-refractivity contribution in [3.05, 3.63) is 105 Å². The predicted molar refractivity (Wildman–Crippen MR) is 119 cm³/mol. The summed E-state index contributed by atoms with van der Waals surface area (Å²) in [5.74, 6) is -2.77. The maximum absolute atomic E-state index is 12.6. The molecule has 0 bridgehead atoms. The molecular formula is C24H16Cl2O6. The van der Waals surface area contributed by atoms with E-state index in [4.69, 9.17) is 32.7 Å². The van der Waals surface area contributed by atoms with Gasteiger partial charge in [-0.1, -0.05) is 83.9 Å². The van der Waals surface area contributed by atoms with Gasteiger partial charge in [-0.3, -0.25) is 9.59 Å². The number of rotatable bonds is 8. The van der Waals surface area contributed by atoms with Crippen molar-refractivity contribution in [3.8, 4) is 0 Å². The minimum Gasteiger partial charge on any atom is -0.454 e. The first-order valence-corrected chi connectivity index (χ1v) is 10.1. The van der Waals surface area contributed by atoms with Crippen LogP contribution in [0.5, 0.6) is 0 Å². The van der Waals surface area contributed by atoms with Gasteiger partial charge in [0.15, 0.2) is 24.8 Å². The third kappa shape index (κ3) is 5.81. The first-order valence-electron chi connectivity index (χ1n) is 9.36. The molecule has 0 aliphatic carbocycles. The smallest absolute Gasteiger partial charge is 0.339 e. The van der Waals surface area contributed by atoms with E-state index in [0.717, 1.165) is 12.1 Å². The number of carbonyl (C=O) groups is 4. The fourth-order valence-corrected chi connectivity index (χ4v) is 3.04. The molecule has 0 amide bonds. The molecule has 162 valence electrons. The van der Waals surface area contributed by atoms with Gasteiger partial charge in [0.1, 0.15) is 0 Å². The standard InChI is InChI=1S/C24H16Cl2O6/c25-19-11-17(23(29)31-13-21(27)15-7-3-1-4-8-15)18(12-20(19)26)24(30)32-14-22(28)16-9-5-2-6-10-16/h1-12H,13-14H2. The molecule has 0 aromatic heterocycles. The zero-order chi connectivity index (χ0) is 23.1. The molecule has 0 aliphatic rings. The Bertz CT molecular complexity index is 1070. The lowest BCUT2D eigenvalue weighted by molar-refractivity contribution is 0.0439. The zero-order valence-electron chi connectivity index (χ0n) is 16.5. The quantitative estimate of drug-likeness (QED) is 0.337. The Morgan fingerprint density at radius 3 is 1.28 bits per heavy atom. The topological polar surface area (TPSA) is 86.7 Å². The molecule has 8 heteroatoms. The van der Waals surface area contributed by atoms with Gasteiger partial charge in [-0.25, -0.2) is 9.59 Å². The number of ether oxygens (including phenoxy) is 2. The van der Waals surface area contributed by atoms with Gasteiger partial charge < -0.3 is 9.47 Å². The van der Waals surface area contributed by atoms with Gasteiger partial charge in [-0.15, -0.1) is 0 Å². The average Bonchev–Trinajstić information content (AvgIpc) is 2.83. The molecule has 0 heterocycles. The second kappa shape index (κ2) is 10.7. The van der Waals surface area contributed by atoms with Crippen molar-refractivity contribution in [1.82, 2.24) is 0 Å². The normalized spacial score (nSPS) is 10.3. The van der Waals surface area contributed by atoms with Crippen LogP contribution in [0.25, 0.3) is 0 Å². The Morgan fingerprint density at radius 1 is 0.594 bits per heavy atom. The lowest BCUT2D eigenvalue weighted by Crippen LogP contribution is -2.19. The molecule has 0 unspecified atom stereocenters. The van der Waals surface area contributed by atoms with E-state index in [0.29, 0.717) is 11.1 Å². The van der Waals surface area contributed by atoms with E-state index in [-0.39, 0.29) is 21.2 Å². The molecule has 3 aromatic rings. The average molecular weight is 471 g/mol. The summed E-state index contributed by atoms with van der Waals surface area (Å²) in [6, 6.07) is 18.9. The first-order chi connectivity index (χ1) is 15.4. The van der Waals surface area contributed by atoms with Gasteiger partial charge in [0.2, 0.25) is 0 Å². The second-order valence-electron chi connectivity index (χ2n) is 6.54. The molecule has 0 radical (unpaired) electrons. The number of Topliss-reactive ketones (excluding diaryl/α,β-unsaturated/α-hetero) is 2. The van der Waals surface area contributed by atoms with E-state index in [2.05, 4.69) is 0 Å². The molecule has 0 spiro atoms. The van der Waals surface area contributed by atoms with Crippen LogP contribution in [0.4, 0.5) is 0 Å². The Balaban J connectivity index is 1.72. The van der Waals surface area contributed by atoms with Gasteiger partial charge in [-0.2, -0.15) is 0 Å². The van der Waals surface area contributed by atoms with Crippen molar-refractivity contribution in [1.29, 1.82) is 0 Å². The highest BCUT2D eigenvalue weighted by Crippen LogP contribution is 2.27. The molecule has 0 saturated carbocycles. The summed E-state index contributed by atoms with van der Waals surface area (Å²) in [5.41, 5.74) is 0.261. The van der Waals surface area contributed by atoms with Crippen molar-refractivity contribution in [3.63, 3.8) is 0 Å². The molecule has 0 N–H and O–H groups in total. The monoisotopic (exact) mass is 470 g/mol. The summed E-state index contributed by atoms with van der Waals surface area (Å²) >= 11 is 12.0. The second-order valence-corrected chi connectivity index (χ2v) is 7.36. The molecule has 0 atom stereocenters. The molecule has 0 aliphatic heterocycles. The number of esters is 2. The van der Waals surface area contributed by atoms with Gasteiger partial charge >= 0.3 is 11.9 Å². The van der Waals surface area contributed by atoms with Crippen LogP contribution in [0.3, 0.4) is 0 Å². The van der Waals surface area contributed by atoms with Crippen LogP contribution in [-0.4, -0.2) is 36.7 Å². The van der Waals surface area contributed by atoms with Crippen molar-refractivity contribution >= 4 is 46.7 Å². The molecule has 3 aromatic carbocycles. The van der Waals surface area contributed by atoms with Gasteiger partial charge in [-0.05, 0) is 12.1 Å². The summed E-state index contributed by atoms with van der Waals surface area (Å²) < 4.78 is 10.1. The minimum atomic E-state index is -0.964. The van der Waals surface area contributed by atoms with E-state index in [1.807, 2.05) is 0 Å². The van der Waals surface area contributed by atoms with E-state index < -0.39 is 36.7 Å². The van der Waals surface area contributed by atoms with Crippen molar-refractivity contribution in [2.45, 2.75) is 0 Å². The lowest BCUT2D eigenvalue weighted by atomic mass is 10.1. The van der Waals surface area contributed by atoms with Gasteiger partial charge in [0.25, 0.3) is 0 Å². The third-order valence-electron chi connectivity index (χ3n) is 4.36. The van der Waals surface area contributed by atoms with Gasteiger partial charge in [0, 0.05) is 11.1 Å². The van der Waals surface area contributed by atoms with Crippen LogP contribution in [0, 0.1) is 0 Å². The van der Waals surface area contributed by atoms with Crippen LogP contribution in [-0.2, 0) is 9.47 Å². The Labute approximate surface area is 193 Å². The van der Waals surface area contributed by atoms with E-state index in [1.54, 1.807) is 60.7 Å². The number of ketones is 2. The number of hydrogen-bond acceptors (Lipinski definition) is 6. The molecule has 32 heavy (non-hydrogen) atoms. The van der Waals surface area contributed by atoms with E-state index in [9.17, 15) is 19.2 Å². The van der Waals surface area contributed by atoms with Crippen LogP contribution in [0.15, 0.2) is 72.8 Å². The lowest BCUT2D eigenvalue weighted by Gasteiger charge is -2.11. The molecule has 6 nitrogen and oxygen atoms in total. The summed E-state index contributed by atoms with van der Waals surface area (Å²) in [5, 5.41) is 0.00910. The molecule has 0 fully saturated rings. The fraction of sp³-hybridized carbons (Fsp3) is 0.0833. The van der Waals surface area contributed by atoms with Crippen molar-refractivity contribution in [2.24, 2.45) is 0 Å². The summed E-state index contributed by atoms with van der Waals surface area (Å²) in [6.07, 6.45) is 0. The zero-order valence-corrected chi connectivity index (χ0v) is 18.1. The van der Waals surface area contributed by atoms with Gasteiger partial charge in [0.05, 0.1) is 21.2 Å². The van der Waals surface area contributed by atoms with E-state index in [1.165, 1.54) is 0 Å². The Kier molecular flexibility index (Phi) is 7.76.